The fourth-order valence-electron chi connectivity index (χ4n) is 4.13. The van der Waals surface area contributed by atoms with Gasteiger partial charge in [-0.25, -0.2) is 4.98 Å². The molecule has 1 aliphatic heterocycles. The highest BCUT2D eigenvalue weighted by Crippen LogP contribution is 2.35. The van der Waals surface area contributed by atoms with Gasteiger partial charge in [0, 0.05) is 18.8 Å². The Morgan fingerprint density at radius 2 is 2.07 bits per heavy atom. The Hall–Kier alpha value is -2.96. The molecule has 1 unspecified atom stereocenters. The van der Waals surface area contributed by atoms with Gasteiger partial charge in [-0.15, -0.1) is 0 Å². The molecule has 0 spiro atoms. The van der Waals surface area contributed by atoms with Crippen molar-refractivity contribution >= 4 is 16.8 Å². The van der Waals surface area contributed by atoms with Crippen molar-refractivity contribution < 1.29 is 4.79 Å². The molecule has 1 N–H and O–H groups in total. The summed E-state index contributed by atoms with van der Waals surface area (Å²) in [5, 5.41) is 7.61. The van der Waals surface area contributed by atoms with Gasteiger partial charge in [0.05, 0.1) is 16.9 Å². The molecule has 5 rings (SSSR count). The number of carbonyl (C=O) groups excluding carboxylic acids is 1. The number of aromatic nitrogens is 4. The van der Waals surface area contributed by atoms with E-state index in [0.717, 1.165) is 31.4 Å². The summed E-state index contributed by atoms with van der Waals surface area (Å²) in [5.41, 5.74) is 1.97. The van der Waals surface area contributed by atoms with Crippen molar-refractivity contribution in [3.63, 3.8) is 0 Å². The molecule has 7 heteroatoms. The first-order chi connectivity index (χ1) is 13.6. The normalized spacial score (nSPS) is 19.5. The molecule has 1 amide bonds. The molecule has 144 valence electrons. The molecule has 0 radical (unpaired) electrons. The van der Waals surface area contributed by atoms with Gasteiger partial charge in [0.1, 0.15) is 11.5 Å². The number of likely N-dealkylation sites (tertiary alicyclic amines) is 1. The first-order valence-corrected chi connectivity index (χ1v) is 9.94. The average Bonchev–Trinajstić information content (AvgIpc) is 3.20. The van der Waals surface area contributed by atoms with Crippen molar-refractivity contribution in [3.05, 3.63) is 57.9 Å². The van der Waals surface area contributed by atoms with E-state index >= 15 is 0 Å². The van der Waals surface area contributed by atoms with E-state index < -0.39 is 0 Å². The fraction of sp³-hybridized carbons (Fsp3) is 0.429. The van der Waals surface area contributed by atoms with E-state index in [1.807, 2.05) is 40.7 Å². The zero-order chi connectivity index (χ0) is 19.3. The highest BCUT2D eigenvalue weighted by Gasteiger charge is 2.36. The molecule has 1 saturated heterocycles. The predicted molar refractivity (Wildman–Crippen MR) is 105 cm³/mol. The molecule has 1 aliphatic carbocycles. The standard InChI is InChI=1S/C21H23N5O2/c1-13-11-17(24-23-13)21(28)25-10-4-7-18(25)19-22-16-6-3-2-5-15(16)20(27)26(19)12-14-8-9-14/h2-3,5-6,11,14,18H,4,7-10,12H2,1H3,(H,23,24). The summed E-state index contributed by atoms with van der Waals surface area (Å²) in [5.74, 6) is 1.15. The number of fused-ring (bicyclic) bond motifs is 1. The molecular weight excluding hydrogens is 354 g/mol. The van der Waals surface area contributed by atoms with E-state index in [0.29, 0.717) is 41.4 Å². The third-order valence-electron chi connectivity index (χ3n) is 5.77. The summed E-state index contributed by atoms with van der Waals surface area (Å²) >= 11 is 0. The van der Waals surface area contributed by atoms with Gasteiger partial charge in [-0.3, -0.25) is 19.3 Å². The van der Waals surface area contributed by atoms with Gasteiger partial charge < -0.3 is 4.90 Å². The van der Waals surface area contributed by atoms with Crippen LogP contribution in [0.4, 0.5) is 0 Å². The van der Waals surface area contributed by atoms with Crippen molar-refractivity contribution in [1.82, 2.24) is 24.6 Å². The molecular formula is C21H23N5O2. The Kier molecular flexibility index (Phi) is 4.03. The third-order valence-corrected chi connectivity index (χ3v) is 5.77. The number of para-hydroxylation sites is 1. The molecule has 2 fully saturated rings. The lowest BCUT2D eigenvalue weighted by Crippen LogP contribution is -2.36. The molecule has 28 heavy (non-hydrogen) atoms. The van der Waals surface area contributed by atoms with Crippen LogP contribution in [-0.4, -0.2) is 37.1 Å². The van der Waals surface area contributed by atoms with Crippen LogP contribution in [-0.2, 0) is 6.54 Å². The number of aromatic amines is 1. The van der Waals surface area contributed by atoms with Crippen LogP contribution in [0.1, 0.15) is 53.7 Å². The Balaban J connectivity index is 1.60. The number of benzene rings is 1. The van der Waals surface area contributed by atoms with Crippen molar-refractivity contribution in [2.75, 3.05) is 6.54 Å². The SMILES string of the molecule is Cc1cc(C(=O)N2CCCC2c2nc3ccccc3c(=O)n2CC2CC2)n[nH]1. The first kappa shape index (κ1) is 17.2. The number of amides is 1. The van der Waals surface area contributed by atoms with E-state index in [4.69, 9.17) is 4.98 Å². The van der Waals surface area contributed by atoms with E-state index in [1.165, 1.54) is 0 Å². The molecule has 1 atom stereocenters. The molecule has 1 aromatic carbocycles. The number of hydrogen-bond acceptors (Lipinski definition) is 4. The van der Waals surface area contributed by atoms with Gasteiger partial charge in [0.25, 0.3) is 11.5 Å². The van der Waals surface area contributed by atoms with Gasteiger partial charge >= 0.3 is 0 Å². The molecule has 2 aromatic heterocycles. The second kappa shape index (κ2) is 6.58. The summed E-state index contributed by atoms with van der Waals surface area (Å²) in [6.07, 6.45) is 4.01. The lowest BCUT2D eigenvalue weighted by molar-refractivity contribution is 0.0720. The van der Waals surface area contributed by atoms with Crippen molar-refractivity contribution in [1.29, 1.82) is 0 Å². The van der Waals surface area contributed by atoms with Gasteiger partial charge in [-0.05, 0) is 56.7 Å². The van der Waals surface area contributed by atoms with Crippen molar-refractivity contribution in [3.8, 4) is 0 Å². The van der Waals surface area contributed by atoms with Crippen LogP contribution >= 0.6 is 0 Å². The van der Waals surface area contributed by atoms with Crippen LogP contribution < -0.4 is 5.56 Å². The largest absolute Gasteiger partial charge is 0.327 e. The maximum absolute atomic E-state index is 13.2. The van der Waals surface area contributed by atoms with E-state index in [9.17, 15) is 9.59 Å². The summed E-state index contributed by atoms with van der Waals surface area (Å²) in [6, 6.07) is 9.05. The Bertz CT molecular complexity index is 1110. The quantitative estimate of drug-likeness (QED) is 0.758. The van der Waals surface area contributed by atoms with E-state index in [-0.39, 0.29) is 17.5 Å². The smallest absolute Gasteiger partial charge is 0.274 e. The number of carbonyl (C=O) groups is 1. The maximum atomic E-state index is 13.2. The number of hydrogen-bond donors (Lipinski definition) is 1. The Morgan fingerprint density at radius 3 is 2.82 bits per heavy atom. The molecule has 7 nitrogen and oxygen atoms in total. The second-order valence-electron chi connectivity index (χ2n) is 7.94. The molecule has 3 aromatic rings. The summed E-state index contributed by atoms with van der Waals surface area (Å²) < 4.78 is 1.83. The zero-order valence-electron chi connectivity index (χ0n) is 15.9. The summed E-state index contributed by atoms with van der Waals surface area (Å²) in [6.45, 7) is 3.22. The van der Waals surface area contributed by atoms with Gasteiger partial charge in [-0.2, -0.15) is 5.10 Å². The highest BCUT2D eigenvalue weighted by atomic mass is 16.2. The minimum Gasteiger partial charge on any atom is -0.327 e. The number of rotatable bonds is 4. The Morgan fingerprint density at radius 1 is 1.25 bits per heavy atom. The second-order valence-corrected chi connectivity index (χ2v) is 7.94. The van der Waals surface area contributed by atoms with Crippen LogP contribution in [0.3, 0.4) is 0 Å². The number of nitrogens with zero attached hydrogens (tertiary/aromatic N) is 4. The summed E-state index contributed by atoms with van der Waals surface area (Å²) in [7, 11) is 0. The lowest BCUT2D eigenvalue weighted by atomic mass is 10.1. The van der Waals surface area contributed by atoms with Crippen LogP contribution in [0.15, 0.2) is 35.1 Å². The first-order valence-electron chi connectivity index (χ1n) is 9.94. The monoisotopic (exact) mass is 377 g/mol. The van der Waals surface area contributed by atoms with Crippen LogP contribution in [0.2, 0.25) is 0 Å². The fourth-order valence-corrected chi connectivity index (χ4v) is 4.13. The van der Waals surface area contributed by atoms with Crippen LogP contribution in [0, 0.1) is 12.8 Å². The van der Waals surface area contributed by atoms with Gasteiger partial charge in [-0.1, -0.05) is 12.1 Å². The van der Waals surface area contributed by atoms with Gasteiger partial charge in [0.15, 0.2) is 0 Å². The lowest BCUT2D eigenvalue weighted by Gasteiger charge is -2.26. The maximum Gasteiger partial charge on any atom is 0.274 e. The zero-order valence-corrected chi connectivity index (χ0v) is 15.9. The topological polar surface area (TPSA) is 83.9 Å². The molecule has 1 saturated carbocycles. The minimum absolute atomic E-state index is 0.00223. The van der Waals surface area contributed by atoms with Crippen LogP contribution in [0.25, 0.3) is 10.9 Å². The number of nitrogens with one attached hydrogen (secondary N) is 1. The van der Waals surface area contributed by atoms with Gasteiger partial charge in [0.2, 0.25) is 0 Å². The third kappa shape index (κ3) is 2.91. The highest BCUT2D eigenvalue weighted by molar-refractivity contribution is 5.92. The van der Waals surface area contributed by atoms with Crippen molar-refractivity contribution in [2.24, 2.45) is 5.92 Å². The van der Waals surface area contributed by atoms with E-state index in [1.54, 1.807) is 6.07 Å². The van der Waals surface area contributed by atoms with Crippen LogP contribution in [0.5, 0.6) is 0 Å². The summed E-state index contributed by atoms with van der Waals surface area (Å²) in [4.78, 5) is 33.0. The van der Waals surface area contributed by atoms with E-state index in [2.05, 4.69) is 10.2 Å². The molecule has 2 aliphatic rings. The molecule has 0 bridgehead atoms. The minimum atomic E-state index is -0.194. The Labute approximate surface area is 162 Å². The average molecular weight is 377 g/mol. The molecule has 3 heterocycles. The predicted octanol–water partition coefficient (Wildman–Crippen LogP) is 2.82. The number of H-pyrrole nitrogens is 1. The number of aryl methyl sites for hydroxylation is 1. The van der Waals surface area contributed by atoms with Crippen molar-refractivity contribution in [2.45, 2.75) is 45.2 Å².